The number of phenols is 1. The van der Waals surface area contributed by atoms with Crippen LogP contribution in [0.4, 0.5) is 10.6 Å². The number of nitrogens with zero attached hydrogens (tertiary/aromatic N) is 3. The molecule has 3 aromatic rings. The average Bonchev–Trinajstić information content (AvgIpc) is 3.10. The molecule has 0 radical (unpaired) electrons. The topological polar surface area (TPSA) is 131 Å². The molecule has 29 heavy (non-hydrogen) atoms. The van der Waals surface area contributed by atoms with E-state index < -0.39 is 6.09 Å². The highest BCUT2D eigenvalue weighted by molar-refractivity contribution is 6.00. The highest BCUT2D eigenvalue weighted by Crippen LogP contribution is 2.38. The second kappa shape index (κ2) is 7.42. The number of benzene rings is 1. The normalized spacial score (nSPS) is 16.7. The Morgan fingerprint density at radius 3 is 2.83 bits per heavy atom. The molecular weight excluding hydrogens is 374 g/mol. The molecule has 0 spiro atoms. The molecule has 2 amide bonds. The summed E-state index contributed by atoms with van der Waals surface area (Å²) in [6.07, 6.45) is 0.587. The molecule has 0 saturated carbocycles. The summed E-state index contributed by atoms with van der Waals surface area (Å²) in [6.45, 7) is 2.24. The predicted octanol–water partition coefficient (Wildman–Crippen LogP) is 3.15. The molecule has 0 aliphatic carbocycles. The molecule has 1 saturated heterocycles. The zero-order valence-corrected chi connectivity index (χ0v) is 15.8. The number of piperidine rings is 1. The first-order chi connectivity index (χ1) is 13.9. The molecule has 4 N–H and O–H groups in total. The summed E-state index contributed by atoms with van der Waals surface area (Å²) in [5.41, 5.74) is 2.43. The van der Waals surface area contributed by atoms with Crippen LogP contribution in [0.1, 0.15) is 31.2 Å². The maximum absolute atomic E-state index is 11.6. The number of rotatable bonds is 3. The Hall–Kier alpha value is -3.62. The number of amides is 2. The van der Waals surface area contributed by atoms with Crippen LogP contribution < -0.4 is 5.32 Å². The summed E-state index contributed by atoms with van der Waals surface area (Å²) in [6, 6.07) is 8.75. The standard InChI is InChI=1S/C20H21N5O4/c1-11(26)21-18-17-14(12-5-4-8-25(10-12)20(28)29)9-15(22-19(17)24-23-18)13-6-2-3-7-16(13)27/h2-3,6-7,9,12,27H,4-5,8,10H2,1H3,(H,28,29)(H2,21,22,23,24,26). The van der Waals surface area contributed by atoms with Gasteiger partial charge in [0, 0.05) is 31.5 Å². The number of aromatic hydroxyl groups is 1. The van der Waals surface area contributed by atoms with Crippen molar-refractivity contribution in [1.29, 1.82) is 0 Å². The Kier molecular flexibility index (Phi) is 4.79. The van der Waals surface area contributed by atoms with Crippen LogP contribution in [0.3, 0.4) is 0 Å². The van der Waals surface area contributed by atoms with Gasteiger partial charge in [0.1, 0.15) is 5.75 Å². The van der Waals surface area contributed by atoms with Crippen LogP contribution >= 0.6 is 0 Å². The first kappa shape index (κ1) is 18.7. The summed E-state index contributed by atoms with van der Waals surface area (Å²) in [5, 5.41) is 30.1. The smallest absolute Gasteiger partial charge is 0.407 e. The number of carbonyl (C=O) groups is 2. The number of phenolic OH excluding ortho intramolecular Hbond substituents is 1. The van der Waals surface area contributed by atoms with Gasteiger partial charge in [-0.2, -0.15) is 5.10 Å². The minimum absolute atomic E-state index is 0.0833. The first-order valence-corrected chi connectivity index (χ1v) is 9.37. The van der Waals surface area contributed by atoms with Gasteiger partial charge in [-0.3, -0.25) is 9.89 Å². The van der Waals surface area contributed by atoms with Gasteiger partial charge in [-0.15, -0.1) is 0 Å². The van der Waals surface area contributed by atoms with Gasteiger partial charge in [0.2, 0.25) is 5.91 Å². The number of anilines is 1. The average molecular weight is 395 g/mol. The molecular formula is C20H21N5O4. The minimum Gasteiger partial charge on any atom is -0.507 e. The Labute approximate surface area is 166 Å². The van der Waals surface area contributed by atoms with Gasteiger partial charge in [0.05, 0.1) is 11.1 Å². The van der Waals surface area contributed by atoms with E-state index in [0.29, 0.717) is 41.2 Å². The molecule has 9 heteroatoms. The monoisotopic (exact) mass is 395 g/mol. The summed E-state index contributed by atoms with van der Waals surface area (Å²) < 4.78 is 0. The van der Waals surface area contributed by atoms with Crippen molar-refractivity contribution in [3.63, 3.8) is 0 Å². The van der Waals surface area contributed by atoms with Gasteiger partial charge in [-0.1, -0.05) is 12.1 Å². The maximum atomic E-state index is 11.6. The third-order valence-corrected chi connectivity index (χ3v) is 5.17. The number of hydrogen-bond donors (Lipinski definition) is 4. The molecule has 1 unspecified atom stereocenters. The summed E-state index contributed by atoms with van der Waals surface area (Å²) in [5.74, 6) is 0.124. The summed E-state index contributed by atoms with van der Waals surface area (Å²) >= 11 is 0. The molecule has 1 fully saturated rings. The Bertz CT molecular complexity index is 1090. The fourth-order valence-corrected chi connectivity index (χ4v) is 3.87. The van der Waals surface area contributed by atoms with Crippen molar-refractivity contribution in [2.75, 3.05) is 18.4 Å². The summed E-state index contributed by atoms with van der Waals surface area (Å²) in [4.78, 5) is 29.1. The van der Waals surface area contributed by atoms with E-state index in [0.717, 1.165) is 18.4 Å². The lowest BCUT2D eigenvalue weighted by Crippen LogP contribution is -2.38. The number of likely N-dealkylation sites (tertiary alicyclic amines) is 1. The lowest BCUT2D eigenvalue weighted by Gasteiger charge is -2.31. The number of hydrogen-bond acceptors (Lipinski definition) is 5. The van der Waals surface area contributed by atoms with E-state index in [9.17, 15) is 19.8 Å². The van der Waals surface area contributed by atoms with Crippen LogP contribution in [0.15, 0.2) is 30.3 Å². The van der Waals surface area contributed by atoms with Crippen molar-refractivity contribution >= 4 is 28.9 Å². The van der Waals surface area contributed by atoms with Crippen LogP contribution in [0.25, 0.3) is 22.3 Å². The van der Waals surface area contributed by atoms with Gasteiger partial charge >= 0.3 is 6.09 Å². The number of aromatic nitrogens is 3. The lowest BCUT2D eigenvalue weighted by molar-refractivity contribution is -0.114. The van der Waals surface area contributed by atoms with Crippen LogP contribution in [-0.4, -0.2) is 55.4 Å². The number of aromatic amines is 1. The van der Waals surface area contributed by atoms with Crippen LogP contribution in [0.2, 0.25) is 0 Å². The van der Waals surface area contributed by atoms with Crippen molar-refractivity contribution in [3.8, 4) is 17.0 Å². The number of fused-ring (bicyclic) bond motifs is 1. The molecule has 1 atom stereocenters. The van der Waals surface area contributed by atoms with E-state index in [1.165, 1.54) is 11.8 Å². The van der Waals surface area contributed by atoms with E-state index in [4.69, 9.17) is 0 Å². The third kappa shape index (κ3) is 3.58. The zero-order chi connectivity index (χ0) is 20.5. The third-order valence-electron chi connectivity index (χ3n) is 5.17. The molecule has 4 rings (SSSR count). The van der Waals surface area contributed by atoms with Crippen molar-refractivity contribution in [2.45, 2.75) is 25.7 Å². The van der Waals surface area contributed by atoms with E-state index >= 15 is 0 Å². The molecule has 1 aromatic carbocycles. The second-order valence-corrected chi connectivity index (χ2v) is 7.16. The lowest BCUT2D eigenvalue weighted by atomic mass is 9.88. The van der Waals surface area contributed by atoms with Crippen molar-refractivity contribution in [1.82, 2.24) is 20.1 Å². The first-order valence-electron chi connectivity index (χ1n) is 9.37. The number of para-hydroxylation sites is 1. The molecule has 150 valence electrons. The van der Waals surface area contributed by atoms with Crippen molar-refractivity contribution < 1.29 is 19.8 Å². The Balaban J connectivity index is 1.88. The van der Waals surface area contributed by atoms with E-state index in [2.05, 4.69) is 20.5 Å². The van der Waals surface area contributed by atoms with Gasteiger partial charge < -0.3 is 20.4 Å². The van der Waals surface area contributed by atoms with Crippen LogP contribution in [-0.2, 0) is 4.79 Å². The number of carboxylic acid groups (broad SMARTS) is 1. The van der Waals surface area contributed by atoms with E-state index in [1.807, 2.05) is 12.1 Å². The van der Waals surface area contributed by atoms with E-state index in [-0.39, 0.29) is 17.6 Å². The maximum Gasteiger partial charge on any atom is 0.407 e. The molecule has 2 aromatic heterocycles. The van der Waals surface area contributed by atoms with Gasteiger partial charge in [-0.25, -0.2) is 9.78 Å². The van der Waals surface area contributed by atoms with Crippen molar-refractivity contribution in [3.05, 3.63) is 35.9 Å². The number of H-pyrrole nitrogens is 1. The SMILES string of the molecule is CC(=O)Nc1n[nH]c2nc(-c3ccccc3O)cc(C3CCCN(C(=O)O)C3)c12. The highest BCUT2D eigenvalue weighted by Gasteiger charge is 2.28. The zero-order valence-electron chi connectivity index (χ0n) is 15.8. The van der Waals surface area contributed by atoms with Gasteiger partial charge in [0.15, 0.2) is 11.5 Å². The predicted molar refractivity (Wildman–Crippen MR) is 107 cm³/mol. The van der Waals surface area contributed by atoms with Gasteiger partial charge in [-0.05, 0) is 36.6 Å². The van der Waals surface area contributed by atoms with Gasteiger partial charge in [0.25, 0.3) is 0 Å². The van der Waals surface area contributed by atoms with Crippen LogP contribution in [0, 0.1) is 0 Å². The second-order valence-electron chi connectivity index (χ2n) is 7.16. The minimum atomic E-state index is -0.949. The molecule has 9 nitrogen and oxygen atoms in total. The molecule has 0 bridgehead atoms. The fraction of sp³-hybridized carbons (Fsp3) is 0.300. The molecule has 3 heterocycles. The van der Waals surface area contributed by atoms with Crippen LogP contribution in [0.5, 0.6) is 5.75 Å². The fourth-order valence-electron chi connectivity index (χ4n) is 3.87. The quantitative estimate of drug-likeness (QED) is 0.539. The summed E-state index contributed by atoms with van der Waals surface area (Å²) in [7, 11) is 0. The van der Waals surface area contributed by atoms with E-state index in [1.54, 1.807) is 18.2 Å². The largest absolute Gasteiger partial charge is 0.507 e. The molecule has 1 aliphatic heterocycles. The molecule has 1 aliphatic rings. The highest BCUT2D eigenvalue weighted by atomic mass is 16.4. The Morgan fingerprint density at radius 2 is 2.10 bits per heavy atom. The number of carbonyl (C=O) groups excluding carboxylic acids is 1. The Morgan fingerprint density at radius 1 is 1.31 bits per heavy atom. The number of pyridine rings is 1. The number of nitrogens with one attached hydrogen (secondary N) is 2. The van der Waals surface area contributed by atoms with Crippen molar-refractivity contribution in [2.24, 2.45) is 0 Å².